The second kappa shape index (κ2) is 5.46. The molecule has 0 aliphatic carbocycles. The summed E-state index contributed by atoms with van der Waals surface area (Å²) < 4.78 is 5.28. The number of aromatic nitrogens is 4. The molecule has 4 aromatic rings. The maximum absolute atomic E-state index is 6.14. The van der Waals surface area contributed by atoms with Crippen molar-refractivity contribution in [3.8, 4) is 11.3 Å². The van der Waals surface area contributed by atoms with Gasteiger partial charge in [-0.2, -0.15) is 9.61 Å². The van der Waals surface area contributed by atoms with Crippen LogP contribution in [-0.2, 0) is 5.54 Å². The van der Waals surface area contributed by atoms with E-state index in [-0.39, 0.29) is 5.54 Å². The van der Waals surface area contributed by atoms with Crippen molar-refractivity contribution in [1.29, 1.82) is 0 Å². The van der Waals surface area contributed by atoms with Crippen molar-refractivity contribution >= 4 is 51.0 Å². The Hall–Kier alpha value is -1.60. The number of hydrogen-bond acceptors (Lipinski definition) is 2. The van der Waals surface area contributed by atoms with Crippen molar-refractivity contribution in [3.05, 3.63) is 51.2 Å². The van der Waals surface area contributed by atoms with Crippen LogP contribution in [0, 0.1) is 3.57 Å². The highest BCUT2D eigenvalue weighted by molar-refractivity contribution is 14.1. The topological polar surface area (TPSA) is 35.1 Å². The maximum Gasteiger partial charge on any atom is 0.164 e. The van der Waals surface area contributed by atoms with Crippen molar-refractivity contribution in [1.82, 2.24) is 19.2 Å². The third kappa shape index (κ3) is 2.33. The Morgan fingerprint density at radius 1 is 1.04 bits per heavy atom. The molecule has 0 saturated carbocycles. The number of halogens is 2. The molecule has 0 amide bonds. The first-order valence-electron chi connectivity index (χ1n) is 7.69. The van der Waals surface area contributed by atoms with E-state index < -0.39 is 0 Å². The molecule has 1 aromatic carbocycles. The second-order valence-corrected chi connectivity index (χ2v) is 8.21. The first-order valence-corrected chi connectivity index (χ1v) is 9.14. The summed E-state index contributed by atoms with van der Waals surface area (Å²) in [4.78, 5) is 4.79. The second-order valence-electron chi connectivity index (χ2n) is 6.74. The zero-order chi connectivity index (χ0) is 17.1. The molecule has 4 nitrogen and oxygen atoms in total. The number of nitrogens with zero attached hydrogens (tertiary/aromatic N) is 4. The predicted molar refractivity (Wildman–Crippen MR) is 107 cm³/mol. The standard InChI is InChI=1S/C18H16ClIN4/c1-18(2,3)23-16(11-7-5-4-6-8-11)14(20)15-17(23)24-13(21-15)10-9-12(19)22-24/h4-10H,1-3H3. The zero-order valence-corrected chi connectivity index (χ0v) is 16.5. The molecule has 24 heavy (non-hydrogen) atoms. The third-order valence-electron chi connectivity index (χ3n) is 3.99. The summed E-state index contributed by atoms with van der Waals surface area (Å²) in [5, 5.41) is 4.94. The van der Waals surface area contributed by atoms with Crippen molar-refractivity contribution in [2.75, 3.05) is 0 Å². The molecule has 0 spiro atoms. The molecule has 0 aliphatic rings. The Labute approximate surface area is 158 Å². The van der Waals surface area contributed by atoms with Gasteiger partial charge in [0.05, 0.1) is 9.26 Å². The Morgan fingerprint density at radius 3 is 2.42 bits per heavy atom. The minimum absolute atomic E-state index is 0.132. The first-order chi connectivity index (χ1) is 11.4. The van der Waals surface area contributed by atoms with Gasteiger partial charge < -0.3 is 4.57 Å². The zero-order valence-electron chi connectivity index (χ0n) is 13.6. The van der Waals surface area contributed by atoms with Gasteiger partial charge >= 0.3 is 0 Å². The Kier molecular flexibility index (Phi) is 3.61. The molecule has 6 heteroatoms. The minimum Gasteiger partial charge on any atom is -0.317 e. The van der Waals surface area contributed by atoms with Gasteiger partial charge in [-0.15, -0.1) is 0 Å². The lowest BCUT2D eigenvalue weighted by molar-refractivity contribution is 0.410. The molecule has 0 unspecified atom stereocenters. The van der Waals surface area contributed by atoms with E-state index in [1.807, 2.05) is 16.6 Å². The molecule has 0 saturated heterocycles. The molecular weight excluding hydrogens is 435 g/mol. The Bertz CT molecular complexity index is 1060. The summed E-state index contributed by atoms with van der Waals surface area (Å²) in [5.74, 6) is 0. The molecule has 4 rings (SSSR count). The molecule has 3 aromatic heterocycles. The molecule has 3 heterocycles. The van der Waals surface area contributed by atoms with Crippen LogP contribution in [0.4, 0.5) is 0 Å². The van der Waals surface area contributed by atoms with E-state index in [1.165, 1.54) is 5.56 Å². The summed E-state index contributed by atoms with van der Waals surface area (Å²) in [7, 11) is 0. The lowest BCUT2D eigenvalue weighted by atomic mass is 10.1. The van der Waals surface area contributed by atoms with E-state index >= 15 is 0 Å². The van der Waals surface area contributed by atoms with E-state index in [9.17, 15) is 0 Å². The summed E-state index contributed by atoms with van der Waals surface area (Å²) >= 11 is 8.52. The molecule has 0 atom stereocenters. The third-order valence-corrected chi connectivity index (χ3v) is 5.21. The van der Waals surface area contributed by atoms with Crippen LogP contribution in [-0.4, -0.2) is 19.2 Å². The van der Waals surface area contributed by atoms with Gasteiger partial charge in [0.2, 0.25) is 0 Å². The van der Waals surface area contributed by atoms with Gasteiger partial charge in [-0.05, 0) is 61.1 Å². The quantitative estimate of drug-likeness (QED) is 0.366. The van der Waals surface area contributed by atoms with Crippen LogP contribution >= 0.6 is 34.2 Å². The fraction of sp³-hybridized carbons (Fsp3) is 0.222. The molecule has 0 bridgehead atoms. The van der Waals surface area contributed by atoms with E-state index in [4.69, 9.17) is 16.6 Å². The van der Waals surface area contributed by atoms with Gasteiger partial charge in [0, 0.05) is 5.54 Å². The molecule has 0 radical (unpaired) electrons. The van der Waals surface area contributed by atoms with Gasteiger partial charge in [-0.3, -0.25) is 0 Å². The number of rotatable bonds is 1. The van der Waals surface area contributed by atoms with Gasteiger partial charge in [-0.25, -0.2) is 4.98 Å². The van der Waals surface area contributed by atoms with Crippen LogP contribution < -0.4 is 0 Å². The summed E-state index contributed by atoms with van der Waals surface area (Å²) in [5.41, 5.74) is 4.94. The fourth-order valence-corrected chi connectivity index (χ4v) is 4.12. The molecule has 0 N–H and O–H groups in total. The molecule has 0 fully saturated rings. The van der Waals surface area contributed by atoms with Crippen molar-refractivity contribution in [2.45, 2.75) is 26.3 Å². The van der Waals surface area contributed by atoms with E-state index in [0.29, 0.717) is 5.15 Å². The SMILES string of the molecule is CC(C)(C)n1c(-c2ccccc2)c(I)c2nc3ccc(Cl)nn3c21. The number of benzene rings is 1. The van der Waals surface area contributed by atoms with E-state index in [0.717, 1.165) is 26.1 Å². The smallest absolute Gasteiger partial charge is 0.164 e. The average Bonchev–Trinajstić information content (AvgIpc) is 3.03. The molecule has 0 aliphatic heterocycles. The summed E-state index contributed by atoms with van der Waals surface area (Å²) in [6, 6.07) is 14.1. The van der Waals surface area contributed by atoms with Crippen LogP contribution in [0.3, 0.4) is 0 Å². The van der Waals surface area contributed by atoms with Crippen LogP contribution in [0.25, 0.3) is 28.1 Å². The lowest BCUT2D eigenvalue weighted by Crippen LogP contribution is -2.23. The molecule has 122 valence electrons. The average molecular weight is 451 g/mol. The van der Waals surface area contributed by atoms with Crippen molar-refractivity contribution in [2.24, 2.45) is 0 Å². The predicted octanol–water partition coefficient (Wildman–Crippen LogP) is 5.36. The van der Waals surface area contributed by atoms with E-state index in [2.05, 4.69) is 77.3 Å². The van der Waals surface area contributed by atoms with Gasteiger partial charge in [-0.1, -0.05) is 41.9 Å². The first kappa shape index (κ1) is 15.9. The van der Waals surface area contributed by atoms with Gasteiger partial charge in [0.1, 0.15) is 10.7 Å². The van der Waals surface area contributed by atoms with Gasteiger partial charge in [0.25, 0.3) is 0 Å². The lowest BCUT2D eigenvalue weighted by Gasteiger charge is -2.25. The highest BCUT2D eigenvalue weighted by Gasteiger charge is 2.28. The van der Waals surface area contributed by atoms with Crippen molar-refractivity contribution in [3.63, 3.8) is 0 Å². The number of fused-ring (bicyclic) bond motifs is 3. The number of hydrogen-bond donors (Lipinski definition) is 0. The maximum atomic E-state index is 6.14. The van der Waals surface area contributed by atoms with Crippen LogP contribution in [0.1, 0.15) is 20.8 Å². The van der Waals surface area contributed by atoms with E-state index in [1.54, 1.807) is 6.07 Å². The Balaban J connectivity index is 2.21. The van der Waals surface area contributed by atoms with Gasteiger partial charge in [0.15, 0.2) is 11.3 Å². The largest absolute Gasteiger partial charge is 0.317 e. The Morgan fingerprint density at radius 2 is 1.75 bits per heavy atom. The van der Waals surface area contributed by atoms with Crippen molar-refractivity contribution < 1.29 is 0 Å². The molecular formula is C18H16ClIN4. The normalized spacial score (nSPS) is 12.4. The highest BCUT2D eigenvalue weighted by Crippen LogP contribution is 2.38. The highest BCUT2D eigenvalue weighted by atomic mass is 127. The summed E-state index contributed by atoms with van der Waals surface area (Å²) in [6.07, 6.45) is 0. The number of imidazole rings is 1. The summed E-state index contributed by atoms with van der Waals surface area (Å²) in [6.45, 7) is 6.58. The minimum atomic E-state index is -0.132. The van der Waals surface area contributed by atoms with Crippen LogP contribution in [0.15, 0.2) is 42.5 Å². The monoisotopic (exact) mass is 450 g/mol. The van der Waals surface area contributed by atoms with Crippen LogP contribution in [0.2, 0.25) is 5.15 Å². The fourth-order valence-electron chi connectivity index (χ4n) is 3.07. The van der Waals surface area contributed by atoms with Crippen LogP contribution in [0.5, 0.6) is 0 Å².